The van der Waals surface area contributed by atoms with Crippen LogP contribution in [0.1, 0.15) is 24.1 Å². The fourth-order valence-corrected chi connectivity index (χ4v) is 3.09. The molecule has 1 fully saturated rings. The quantitative estimate of drug-likeness (QED) is 0.800. The Hall–Kier alpha value is -1.69. The monoisotopic (exact) mass is 290 g/mol. The van der Waals surface area contributed by atoms with Gasteiger partial charge in [-0.1, -0.05) is 0 Å². The minimum absolute atomic E-state index is 0.139. The Bertz CT molecular complexity index is 526. The summed E-state index contributed by atoms with van der Waals surface area (Å²) in [5.74, 6) is 1.10. The van der Waals surface area contributed by atoms with E-state index in [0.717, 1.165) is 50.3 Å². The summed E-state index contributed by atoms with van der Waals surface area (Å²) < 4.78 is 5.52. The molecule has 0 N–H and O–H groups in total. The van der Waals surface area contributed by atoms with Crippen molar-refractivity contribution in [3.63, 3.8) is 0 Å². The normalized spacial score (nSPS) is 21.8. The number of fused-ring (bicyclic) bond motifs is 1. The van der Waals surface area contributed by atoms with Crippen molar-refractivity contribution in [2.45, 2.75) is 31.8 Å². The van der Waals surface area contributed by atoms with Gasteiger partial charge in [0.25, 0.3) is 5.91 Å². The second-order valence-corrected chi connectivity index (χ2v) is 5.84. The predicted octanol–water partition coefficient (Wildman–Crippen LogP) is 0.649. The first-order valence-electron chi connectivity index (χ1n) is 7.57. The van der Waals surface area contributed by atoms with Gasteiger partial charge in [0.1, 0.15) is 18.2 Å². The molecule has 3 rings (SSSR count). The maximum atomic E-state index is 12.5. The van der Waals surface area contributed by atoms with Gasteiger partial charge in [-0.3, -0.25) is 4.79 Å². The maximum Gasteiger partial charge on any atom is 0.251 e. The van der Waals surface area contributed by atoms with Gasteiger partial charge in [-0.05, 0) is 19.3 Å². The third-order valence-corrected chi connectivity index (χ3v) is 4.20. The molecule has 0 aliphatic carbocycles. The first kappa shape index (κ1) is 14.3. The number of anilines is 1. The third kappa shape index (κ3) is 2.85. The molecule has 114 valence electrons. The molecule has 0 spiro atoms. The largest absolute Gasteiger partial charge is 0.368 e. The van der Waals surface area contributed by atoms with Gasteiger partial charge >= 0.3 is 0 Å². The van der Waals surface area contributed by atoms with Crippen LogP contribution in [0.15, 0.2) is 6.33 Å². The molecule has 0 aromatic carbocycles. The molecule has 0 unspecified atom stereocenters. The van der Waals surface area contributed by atoms with Crippen LogP contribution < -0.4 is 4.90 Å². The molecular formula is C15H22N4O2. The topological polar surface area (TPSA) is 58.6 Å². The summed E-state index contributed by atoms with van der Waals surface area (Å²) in [6, 6.07) is 0. The van der Waals surface area contributed by atoms with Crippen molar-refractivity contribution in [1.82, 2.24) is 14.9 Å². The van der Waals surface area contributed by atoms with Crippen molar-refractivity contribution in [3.05, 3.63) is 17.6 Å². The zero-order chi connectivity index (χ0) is 14.8. The van der Waals surface area contributed by atoms with E-state index < -0.39 is 0 Å². The Labute approximate surface area is 125 Å². The average molecular weight is 290 g/mol. The van der Waals surface area contributed by atoms with Crippen LogP contribution >= 0.6 is 0 Å². The predicted molar refractivity (Wildman–Crippen MR) is 79.3 cm³/mol. The minimum Gasteiger partial charge on any atom is -0.368 e. The van der Waals surface area contributed by atoms with Gasteiger partial charge in [-0.15, -0.1) is 0 Å². The van der Waals surface area contributed by atoms with Crippen molar-refractivity contribution in [2.24, 2.45) is 0 Å². The second kappa shape index (κ2) is 5.97. The highest BCUT2D eigenvalue weighted by Gasteiger charge is 2.30. The molecule has 1 aromatic heterocycles. The van der Waals surface area contributed by atoms with E-state index in [-0.39, 0.29) is 12.0 Å². The summed E-state index contributed by atoms with van der Waals surface area (Å²) in [7, 11) is 3.98. The van der Waals surface area contributed by atoms with Crippen LogP contribution in [0, 0.1) is 0 Å². The van der Waals surface area contributed by atoms with Gasteiger partial charge < -0.3 is 14.5 Å². The van der Waals surface area contributed by atoms with Gasteiger partial charge in [-0.2, -0.15) is 0 Å². The summed E-state index contributed by atoms with van der Waals surface area (Å²) in [5, 5.41) is 0. The van der Waals surface area contributed by atoms with Crippen molar-refractivity contribution in [3.8, 4) is 0 Å². The summed E-state index contributed by atoms with van der Waals surface area (Å²) in [5.41, 5.74) is 2.24. The Kier molecular flexibility index (Phi) is 4.05. The molecule has 1 atom stereocenters. The van der Waals surface area contributed by atoms with E-state index in [2.05, 4.69) is 9.97 Å². The number of hydrogen-bond acceptors (Lipinski definition) is 5. The van der Waals surface area contributed by atoms with Gasteiger partial charge in [0.05, 0.1) is 5.69 Å². The lowest BCUT2D eigenvalue weighted by molar-refractivity contribution is -0.140. The molecule has 1 aromatic rings. The molecule has 2 aliphatic rings. The zero-order valence-corrected chi connectivity index (χ0v) is 12.7. The molecule has 6 nitrogen and oxygen atoms in total. The Morgan fingerprint density at radius 3 is 2.86 bits per heavy atom. The van der Waals surface area contributed by atoms with E-state index in [0.29, 0.717) is 6.61 Å². The number of nitrogens with zero attached hydrogens (tertiary/aromatic N) is 4. The summed E-state index contributed by atoms with van der Waals surface area (Å²) in [6.07, 6.45) is 4.82. The van der Waals surface area contributed by atoms with Crippen LogP contribution in [0.2, 0.25) is 0 Å². The van der Waals surface area contributed by atoms with Crippen LogP contribution in [0.3, 0.4) is 0 Å². The standard InChI is InChI=1S/C15H22N4O2/c1-18(2)14-11-5-7-19(8-6-12(11)16-10-17-14)15(20)13-4-3-9-21-13/h10,13H,3-9H2,1-2H3/t13-/m0/s1. The second-order valence-electron chi connectivity index (χ2n) is 5.84. The van der Waals surface area contributed by atoms with E-state index in [9.17, 15) is 4.79 Å². The molecule has 6 heteroatoms. The number of aromatic nitrogens is 2. The lowest BCUT2D eigenvalue weighted by Crippen LogP contribution is -2.40. The lowest BCUT2D eigenvalue weighted by Gasteiger charge is -2.23. The lowest BCUT2D eigenvalue weighted by atomic mass is 10.1. The summed E-state index contributed by atoms with van der Waals surface area (Å²) in [6.45, 7) is 2.15. The highest BCUT2D eigenvalue weighted by atomic mass is 16.5. The van der Waals surface area contributed by atoms with Crippen molar-refractivity contribution in [2.75, 3.05) is 38.7 Å². The first-order chi connectivity index (χ1) is 10.2. The van der Waals surface area contributed by atoms with Crippen LogP contribution in [-0.4, -0.2) is 60.7 Å². The van der Waals surface area contributed by atoms with Crippen LogP contribution in [0.5, 0.6) is 0 Å². The van der Waals surface area contributed by atoms with Gasteiger partial charge in [0.2, 0.25) is 0 Å². The van der Waals surface area contributed by atoms with E-state index in [1.807, 2.05) is 23.9 Å². The molecular weight excluding hydrogens is 268 g/mol. The average Bonchev–Trinajstić information content (AvgIpc) is 2.92. The molecule has 0 radical (unpaired) electrons. The number of rotatable bonds is 2. The molecule has 0 bridgehead atoms. The summed E-state index contributed by atoms with van der Waals surface area (Å²) >= 11 is 0. The zero-order valence-electron chi connectivity index (χ0n) is 12.7. The van der Waals surface area contributed by atoms with Crippen LogP contribution in [-0.2, 0) is 22.4 Å². The fourth-order valence-electron chi connectivity index (χ4n) is 3.09. The minimum atomic E-state index is -0.231. The number of carbonyl (C=O) groups excluding carboxylic acids is 1. The highest BCUT2D eigenvalue weighted by Crippen LogP contribution is 2.23. The van der Waals surface area contributed by atoms with E-state index in [4.69, 9.17) is 4.74 Å². The SMILES string of the molecule is CN(C)c1ncnc2c1CCN(C(=O)[C@@H]1CCCO1)CC2. The van der Waals surface area contributed by atoms with E-state index >= 15 is 0 Å². The fraction of sp³-hybridized carbons (Fsp3) is 0.667. The van der Waals surface area contributed by atoms with E-state index in [1.165, 1.54) is 5.56 Å². The maximum absolute atomic E-state index is 12.5. The van der Waals surface area contributed by atoms with E-state index in [1.54, 1.807) is 6.33 Å². The van der Waals surface area contributed by atoms with Crippen molar-refractivity contribution in [1.29, 1.82) is 0 Å². The van der Waals surface area contributed by atoms with Gasteiger partial charge in [0.15, 0.2) is 0 Å². The van der Waals surface area contributed by atoms with Gasteiger partial charge in [0, 0.05) is 45.8 Å². The van der Waals surface area contributed by atoms with Gasteiger partial charge in [-0.25, -0.2) is 9.97 Å². The smallest absolute Gasteiger partial charge is 0.251 e. The summed E-state index contributed by atoms with van der Waals surface area (Å²) in [4.78, 5) is 25.2. The number of ether oxygens (including phenoxy) is 1. The molecule has 21 heavy (non-hydrogen) atoms. The molecule has 1 amide bonds. The highest BCUT2D eigenvalue weighted by molar-refractivity contribution is 5.81. The molecule has 2 aliphatic heterocycles. The molecule has 0 saturated carbocycles. The number of carbonyl (C=O) groups is 1. The van der Waals surface area contributed by atoms with Crippen molar-refractivity contribution < 1.29 is 9.53 Å². The third-order valence-electron chi connectivity index (χ3n) is 4.20. The molecule has 1 saturated heterocycles. The van der Waals surface area contributed by atoms with Crippen LogP contribution in [0.25, 0.3) is 0 Å². The Morgan fingerprint density at radius 1 is 1.33 bits per heavy atom. The van der Waals surface area contributed by atoms with Crippen LogP contribution in [0.4, 0.5) is 5.82 Å². The Morgan fingerprint density at radius 2 is 2.14 bits per heavy atom. The Balaban J connectivity index is 1.76. The number of amides is 1. The van der Waals surface area contributed by atoms with Crippen molar-refractivity contribution >= 4 is 11.7 Å². The number of hydrogen-bond donors (Lipinski definition) is 0. The first-order valence-corrected chi connectivity index (χ1v) is 7.57. The molecule has 3 heterocycles.